The molecule has 5 nitrogen and oxygen atoms in total. The molecule has 3 heterocycles. The quantitative estimate of drug-likeness (QED) is 0.146. The minimum Gasteiger partial charge on any atom is -0.258 e. The standard InChI is InChI=1S/C57H41N5/c1-38-29-31-49(39(2)58-38)51-35-45(44-25-15-27-47(33-44)56-59-52(40-17-7-3-8-18-40)36-53(60-56)41-19-9-4-10-20-41)30-32-50(51)46-26-16-28-48(34-46)57-61-54(42-21-11-5-12-22-42)37-55(62-57)43-23-13-6-14-24-43/h3-37H,1-2H3. The first kappa shape index (κ1) is 38.1. The Hall–Kier alpha value is -8.15. The van der Waals surface area contributed by atoms with Gasteiger partial charge < -0.3 is 0 Å². The number of hydrogen-bond donors (Lipinski definition) is 0. The van der Waals surface area contributed by atoms with Gasteiger partial charge in [0.15, 0.2) is 11.6 Å². The van der Waals surface area contributed by atoms with Gasteiger partial charge in [-0.2, -0.15) is 0 Å². The molecule has 3 aromatic heterocycles. The van der Waals surface area contributed by atoms with Crippen LogP contribution in [0.4, 0.5) is 0 Å². The lowest BCUT2D eigenvalue weighted by molar-refractivity contribution is 1.13. The number of benzene rings is 7. The van der Waals surface area contributed by atoms with E-state index in [4.69, 9.17) is 24.9 Å². The van der Waals surface area contributed by atoms with Crippen LogP contribution < -0.4 is 0 Å². The van der Waals surface area contributed by atoms with Crippen LogP contribution in [0.1, 0.15) is 11.4 Å². The molecule has 10 rings (SSSR count). The molecule has 0 aliphatic heterocycles. The summed E-state index contributed by atoms with van der Waals surface area (Å²) in [6.07, 6.45) is 0. The van der Waals surface area contributed by atoms with E-state index in [2.05, 4.69) is 146 Å². The van der Waals surface area contributed by atoms with Crippen LogP contribution in [0, 0.1) is 13.8 Å². The molecule has 7 aromatic carbocycles. The molecule has 0 N–H and O–H groups in total. The molecule has 0 fully saturated rings. The van der Waals surface area contributed by atoms with Crippen LogP contribution in [0.5, 0.6) is 0 Å². The van der Waals surface area contributed by atoms with Crippen molar-refractivity contribution in [1.29, 1.82) is 0 Å². The second-order valence-corrected chi connectivity index (χ2v) is 15.4. The van der Waals surface area contributed by atoms with Crippen molar-refractivity contribution in [2.45, 2.75) is 13.8 Å². The lowest BCUT2D eigenvalue weighted by Crippen LogP contribution is -1.97. The molecule has 5 heteroatoms. The number of nitrogens with zero attached hydrogens (tertiary/aromatic N) is 5. The minimum atomic E-state index is 0.671. The van der Waals surface area contributed by atoms with E-state index in [1.807, 2.05) is 79.7 Å². The summed E-state index contributed by atoms with van der Waals surface area (Å²) in [4.78, 5) is 25.4. The zero-order valence-corrected chi connectivity index (χ0v) is 34.4. The second-order valence-electron chi connectivity index (χ2n) is 15.4. The van der Waals surface area contributed by atoms with Crippen LogP contribution in [0.15, 0.2) is 212 Å². The third-order valence-corrected chi connectivity index (χ3v) is 11.2. The van der Waals surface area contributed by atoms with Gasteiger partial charge in [0.1, 0.15) is 0 Å². The maximum atomic E-state index is 5.14. The van der Waals surface area contributed by atoms with Crippen LogP contribution in [0.2, 0.25) is 0 Å². The molecule has 0 aliphatic rings. The summed E-state index contributed by atoms with van der Waals surface area (Å²) in [5.41, 5.74) is 18.0. The summed E-state index contributed by atoms with van der Waals surface area (Å²) >= 11 is 0. The zero-order chi connectivity index (χ0) is 41.8. The summed E-state index contributed by atoms with van der Waals surface area (Å²) in [5.74, 6) is 1.34. The molecule has 0 amide bonds. The predicted molar refractivity (Wildman–Crippen MR) is 254 cm³/mol. The van der Waals surface area contributed by atoms with Crippen LogP contribution in [0.3, 0.4) is 0 Å². The van der Waals surface area contributed by atoms with Crippen molar-refractivity contribution in [3.8, 4) is 101 Å². The highest BCUT2D eigenvalue weighted by molar-refractivity contribution is 5.89. The van der Waals surface area contributed by atoms with Crippen molar-refractivity contribution in [3.63, 3.8) is 0 Å². The van der Waals surface area contributed by atoms with E-state index in [0.29, 0.717) is 11.6 Å². The molecule has 0 unspecified atom stereocenters. The summed E-state index contributed by atoms with van der Waals surface area (Å²) in [5, 5.41) is 0. The number of pyridine rings is 1. The molecule has 10 aromatic rings. The van der Waals surface area contributed by atoms with Crippen molar-refractivity contribution in [2.75, 3.05) is 0 Å². The molecule has 0 aliphatic carbocycles. The summed E-state index contributed by atoms with van der Waals surface area (Å²) in [7, 11) is 0. The molecule has 0 saturated heterocycles. The van der Waals surface area contributed by atoms with Gasteiger partial charge in [-0.05, 0) is 78.1 Å². The van der Waals surface area contributed by atoms with Gasteiger partial charge in [-0.3, -0.25) is 4.98 Å². The number of aromatic nitrogens is 5. The lowest BCUT2D eigenvalue weighted by Gasteiger charge is -2.16. The Labute approximate surface area is 362 Å². The molecule has 0 bridgehead atoms. The monoisotopic (exact) mass is 795 g/mol. The first-order chi connectivity index (χ1) is 30.5. The Morgan fingerprint density at radius 1 is 0.242 bits per heavy atom. The van der Waals surface area contributed by atoms with Gasteiger partial charge in [0.2, 0.25) is 0 Å². The Morgan fingerprint density at radius 2 is 0.613 bits per heavy atom. The van der Waals surface area contributed by atoms with Gasteiger partial charge >= 0.3 is 0 Å². The fourth-order valence-electron chi connectivity index (χ4n) is 8.01. The SMILES string of the molecule is Cc1ccc(-c2cc(-c3cccc(-c4nc(-c5ccccc5)cc(-c5ccccc5)n4)c3)ccc2-c2cccc(-c3nc(-c4ccccc4)cc(-c4ccccc4)n3)c2)c(C)n1. The average molecular weight is 796 g/mol. The van der Waals surface area contributed by atoms with Crippen molar-refractivity contribution >= 4 is 0 Å². The van der Waals surface area contributed by atoms with Crippen molar-refractivity contribution in [3.05, 3.63) is 224 Å². The first-order valence-corrected chi connectivity index (χ1v) is 20.8. The Bertz CT molecular complexity index is 3070. The maximum Gasteiger partial charge on any atom is 0.160 e. The Morgan fingerprint density at radius 3 is 1.06 bits per heavy atom. The highest BCUT2D eigenvalue weighted by atomic mass is 14.9. The van der Waals surface area contributed by atoms with Crippen LogP contribution >= 0.6 is 0 Å². The lowest BCUT2D eigenvalue weighted by atomic mass is 9.89. The average Bonchev–Trinajstić information content (AvgIpc) is 3.35. The highest BCUT2D eigenvalue weighted by Gasteiger charge is 2.17. The number of rotatable bonds is 9. The first-order valence-electron chi connectivity index (χ1n) is 20.8. The van der Waals surface area contributed by atoms with E-state index in [0.717, 1.165) is 101 Å². The van der Waals surface area contributed by atoms with E-state index >= 15 is 0 Å². The predicted octanol–water partition coefficient (Wildman–Crippen LogP) is 14.3. The van der Waals surface area contributed by atoms with Crippen molar-refractivity contribution in [2.24, 2.45) is 0 Å². The molecular formula is C57H41N5. The van der Waals surface area contributed by atoms with Crippen LogP contribution in [-0.4, -0.2) is 24.9 Å². The van der Waals surface area contributed by atoms with Gasteiger partial charge in [-0.25, -0.2) is 19.9 Å². The summed E-state index contributed by atoms with van der Waals surface area (Å²) in [6, 6.07) is 73.4. The van der Waals surface area contributed by atoms with E-state index in [9.17, 15) is 0 Å². The zero-order valence-electron chi connectivity index (χ0n) is 34.4. The summed E-state index contributed by atoms with van der Waals surface area (Å²) in [6.45, 7) is 4.12. The molecule has 294 valence electrons. The smallest absolute Gasteiger partial charge is 0.160 e. The van der Waals surface area contributed by atoms with E-state index in [-0.39, 0.29) is 0 Å². The van der Waals surface area contributed by atoms with Gasteiger partial charge in [-0.1, -0.05) is 176 Å². The summed E-state index contributed by atoms with van der Waals surface area (Å²) < 4.78 is 0. The largest absolute Gasteiger partial charge is 0.258 e. The van der Waals surface area contributed by atoms with Crippen LogP contribution in [0.25, 0.3) is 101 Å². The normalized spacial score (nSPS) is 11.1. The van der Waals surface area contributed by atoms with E-state index in [1.165, 1.54) is 0 Å². The minimum absolute atomic E-state index is 0.671. The fourth-order valence-corrected chi connectivity index (χ4v) is 8.01. The molecule has 62 heavy (non-hydrogen) atoms. The highest BCUT2D eigenvalue weighted by Crippen LogP contribution is 2.39. The molecule has 0 saturated carbocycles. The number of hydrogen-bond acceptors (Lipinski definition) is 5. The molecule has 0 radical (unpaired) electrons. The topological polar surface area (TPSA) is 64.5 Å². The molecular weight excluding hydrogens is 755 g/mol. The van der Waals surface area contributed by atoms with Gasteiger partial charge in [0.05, 0.1) is 22.8 Å². The third kappa shape index (κ3) is 7.95. The second kappa shape index (κ2) is 16.8. The van der Waals surface area contributed by atoms with Gasteiger partial charge in [0, 0.05) is 50.3 Å². The number of aryl methyl sites for hydroxylation is 2. The fraction of sp³-hybridized carbons (Fsp3) is 0.0351. The Kier molecular flexibility index (Phi) is 10.3. The third-order valence-electron chi connectivity index (χ3n) is 11.2. The Balaban J connectivity index is 1.08. The van der Waals surface area contributed by atoms with Crippen molar-refractivity contribution < 1.29 is 0 Å². The van der Waals surface area contributed by atoms with E-state index in [1.54, 1.807) is 0 Å². The van der Waals surface area contributed by atoms with Crippen molar-refractivity contribution in [1.82, 2.24) is 24.9 Å². The van der Waals surface area contributed by atoms with E-state index < -0.39 is 0 Å². The van der Waals surface area contributed by atoms with Gasteiger partial charge in [-0.15, -0.1) is 0 Å². The van der Waals surface area contributed by atoms with Gasteiger partial charge in [0.25, 0.3) is 0 Å². The van der Waals surface area contributed by atoms with Crippen LogP contribution in [-0.2, 0) is 0 Å². The maximum absolute atomic E-state index is 5.14. The molecule has 0 spiro atoms. The molecule has 0 atom stereocenters.